The fourth-order valence-corrected chi connectivity index (χ4v) is 5.27. The number of likely N-dealkylation sites (tertiary alicyclic amines) is 1. The van der Waals surface area contributed by atoms with E-state index < -0.39 is 5.60 Å². The van der Waals surface area contributed by atoms with Crippen LogP contribution in [0.5, 0.6) is 5.75 Å². The minimum atomic E-state index is -1.50. The van der Waals surface area contributed by atoms with E-state index in [0.717, 1.165) is 31.7 Å². The summed E-state index contributed by atoms with van der Waals surface area (Å²) >= 11 is 1.65. The van der Waals surface area contributed by atoms with Gasteiger partial charge in [-0.25, -0.2) is 0 Å². The van der Waals surface area contributed by atoms with E-state index in [4.69, 9.17) is 9.26 Å². The predicted molar refractivity (Wildman–Crippen MR) is 132 cm³/mol. The highest BCUT2D eigenvalue weighted by Gasteiger charge is 2.39. The standard InChI is InChI=1S/C27H29N3O3S/c1-2-20-13-15-30(17-24(20)32-23-14-16-34-19-23)18-25-28-26(29-33-25)27(31,21-9-5-3-6-10-21)22-11-7-4-8-12-22/h3-12,14,16,19-20,24,31H,2,13,15,17-18H2,1H3. The van der Waals surface area contributed by atoms with Gasteiger partial charge in [0.2, 0.25) is 11.7 Å². The first-order chi connectivity index (χ1) is 16.7. The fraction of sp³-hybridized carbons (Fsp3) is 0.333. The molecule has 0 aliphatic carbocycles. The minimum absolute atomic E-state index is 0.126. The van der Waals surface area contributed by atoms with Gasteiger partial charge in [0.05, 0.1) is 6.54 Å². The van der Waals surface area contributed by atoms with Crippen LogP contribution < -0.4 is 4.74 Å². The Morgan fingerprint density at radius 2 is 1.79 bits per heavy atom. The highest BCUT2D eigenvalue weighted by Crippen LogP contribution is 2.35. The van der Waals surface area contributed by atoms with Gasteiger partial charge >= 0.3 is 0 Å². The third kappa shape index (κ3) is 4.64. The van der Waals surface area contributed by atoms with Gasteiger partial charge in [-0.2, -0.15) is 4.98 Å². The lowest BCUT2D eigenvalue weighted by Crippen LogP contribution is -2.46. The van der Waals surface area contributed by atoms with E-state index in [2.05, 4.69) is 22.0 Å². The molecule has 2 aromatic heterocycles. The molecule has 0 saturated carbocycles. The van der Waals surface area contributed by atoms with Crippen LogP contribution in [0.1, 0.15) is 42.6 Å². The Bertz CT molecular complexity index is 1120. The first-order valence-electron chi connectivity index (χ1n) is 11.7. The maximum Gasteiger partial charge on any atom is 0.240 e. The van der Waals surface area contributed by atoms with Crippen LogP contribution in [0.25, 0.3) is 0 Å². The fourth-order valence-electron chi connectivity index (χ4n) is 4.71. The molecule has 1 aliphatic heterocycles. The first kappa shape index (κ1) is 22.8. The number of thiophene rings is 1. The van der Waals surface area contributed by atoms with Gasteiger partial charge in [-0.05, 0) is 47.9 Å². The lowest BCUT2D eigenvalue weighted by molar-refractivity contribution is 0.0303. The zero-order valence-electron chi connectivity index (χ0n) is 19.2. The third-order valence-corrected chi connectivity index (χ3v) is 7.28. The summed E-state index contributed by atoms with van der Waals surface area (Å²) in [6.07, 6.45) is 2.28. The van der Waals surface area contributed by atoms with Gasteiger partial charge in [0, 0.05) is 11.9 Å². The summed E-state index contributed by atoms with van der Waals surface area (Å²) in [5, 5.41) is 20.2. The molecule has 2 aromatic carbocycles. The van der Waals surface area contributed by atoms with E-state index in [0.29, 0.717) is 29.5 Å². The Morgan fingerprint density at radius 1 is 1.09 bits per heavy atom. The molecule has 34 heavy (non-hydrogen) atoms. The smallest absolute Gasteiger partial charge is 0.240 e. The van der Waals surface area contributed by atoms with Crippen molar-refractivity contribution in [3.63, 3.8) is 0 Å². The molecule has 2 unspecified atom stereocenters. The van der Waals surface area contributed by atoms with Gasteiger partial charge in [0.15, 0.2) is 5.60 Å². The Balaban J connectivity index is 1.36. The molecular formula is C27H29N3O3S. The summed E-state index contributed by atoms with van der Waals surface area (Å²) in [4.78, 5) is 6.96. The number of hydrogen-bond donors (Lipinski definition) is 1. The van der Waals surface area contributed by atoms with E-state index in [9.17, 15) is 5.11 Å². The van der Waals surface area contributed by atoms with Crippen LogP contribution >= 0.6 is 11.3 Å². The summed E-state index contributed by atoms with van der Waals surface area (Å²) in [6.45, 7) is 4.49. The molecule has 6 nitrogen and oxygen atoms in total. The van der Waals surface area contributed by atoms with Gasteiger partial charge in [-0.15, -0.1) is 11.3 Å². The van der Waals surface area contributed by atoms with Crippen molar-refractivity contribution in [2.45, 2.75) is 38.0 Å². The molecule has 1 saturated heterocycles. The topological polar surface area (TPSA) is 71.6 Å². The number of aromatic nitrogens is 2. The lowest BCUT2D eigenvalue weighted by atomic mass is 9.85. The molecule has 1 aliphatic rings. The second-order valence-electron chi connectivity index (χ2n) is 8.76. The van der Waals surface area contributed by atoms with Gasteiger partial charge in [0.25, 0.3) is 0 Å². The number of hydrogen-bond acceptors (Lipinski definition) is 7. The van der Waals surface area contributed by atoms with Crippen LogP contribution in [-0.4, -0.2) is 39.3 Å². The molecule has 0 bridgehead atoms. The maximum absolute atomic E-state index is 11.9. The summed E-state index contributed by atoms with van der Waals surface area (Å²) in [5.74, 6) is 2.20. The molecule has 7 heteroatoms. The van der Waals surface area contributed by atoms with Gasteiger partial charge in [-0.3, -0.25) is 4.90 Å². The summed E-state index contributed by atoms with van der Waals surface area (Å²) in [6, 6.07) is 21.0. The highest BCUT2D eigenvalue weighted by molar-refractivity contribution is 7.08. The van der Waals surface area contributed by atoms with Crippen molar-refractivity contribution >= 4 is 11.3 Å². The van der Waals surface area contributed by atoms with E-state index in [1.807, 2.05) is 77.5 Å². The van der Waals surface area contributed by atoms with Crippen molar-refractivity contribution in [2.24, 2.45) is 5.92 Å². The zero-order chi connectivity index (χ0) is 23.4. The molecule has 5 rings (SSSR count). The van der Waals surface area contributed by atoms with Crippen LogP contribution in [0.3, 0.4) is 0 Å². The number of rotatable bonds is 8. The van der Waals surface area contributed by atoms with Gasteiger partial charge < -0.3 is 14.4 Å². The van der Waals surface area contributed by atoms with Crippen molar-refractivity contribution in [3.05, 3.63) is 100 Å². The predicted octanol–water partition coefficient (Wildman–Crippen LogP) is 5.09. The second kappa shape index (κ2) is 10.1. The highest BCUT2D eigenvalue weighted by atomic mass is 32.1. The molecule has 2 atom stereocenters. The zero-order valence-corrected chi connectivity index (χ0v) is 20.0. The van der Waals surface area contributed by atoms with Crippen molar-refractivity contribution in [2.75, 3.05) is 13.1 Å². The summed E-state index contributed by atoms with van der Waals surface area (Å²) < 4.78 is 12.0. The number of aliphatic hydroxyl groups is 1. The molecule has 176 valence electrons. The molecule has 1 N–H and O–H groups in total. The Labute approximate surface area is 203 Å². The number of piperidine rings is 1. The van der Waals surface area contributed by atoms with Crippen molar-refractivity contribution < 1.29 is 14.4 Å². The molecular weight excluding hydrogens is 446 g/mol. The Morgan fingerprint density at radius 3 is 2.41 bits per heavy atom. The molecule has 0 spiro atoms. The number of nitrogens with zero attached hydrogens (tertiary/aromatic N) is 3. The summed E-state index contributed by atoms with van der Waals surface area (Å²) in [7, 11) is 0. The van der Waals surface area contributed by atoms with E-state index in [-0.39, 0.29) is 11.9 Å². The van der Waals surface area contributed by atoms with E-state index >= 15 is 0 Å². The molecule has 1 fully saturated rings. The average molecular weight is 476 g/mol. The normalized spacial score (nSPS) is 19.2. The quantitative estimate of drug-likeness (QED) is 0.383. The molecule has 0 amide bonds. The van der Waals surface area contributed by atoms with E-state index in [1.54, 1.807) is 11.3 Å². The monoisotopic (exact) mass is 475 g/mol. The van der Waals surface area contributed by atoms with Crippen molar-refractivity contribution in [1.82, 2.24) is 15.0 Å². The first-order valence-corrected chi connectivity index (χ1v) is 12.7. The Hall–Kier alpha value is -3.00. The second-order valence-corrected chi connectivity index (χ2v) is 9.54. The van der Waals surface area contributed by atoms with Crippen molar-refractivity contribution in [1.29, 1.82) is 0 Å². The SMILES string of the molecule is CCC1CCN(Cc2nc(C(O)(c3ccccc3)c3ccccc3)no2)CC1Oc1ccsc1. The third-order valence-electron chi connectivity index (χ3n) is 6.62. The van der Waals surface area contributed by atoms with Crippen LogP contribution in [0.15, 0.2) is 82.0 Å². The summed E-state index contributed by atoms with van der Waals surface area (Å²) in [5.41, 5.74) is -0.104. The van der Waals surface area contributed by atoms with Crippen molar-refractivity contribution in [3.8, 4) is 5.75 Å². The number of ether oxygens (including phenoxy) is 1. The Kier molecular flexibility index (Phi) is 6.76. The average Bonchev–Trinajstić information content (AvgIpc) is 3.57. The van der Waals surface area contributed by atoms with Gasteiger partial charge in [-0.1, -0.05) is 72.7 Å². The van der Waals surface area contributed by atoms with E-state index in [1.165, 1.54) is 0 Å². The molecule has 3 heterocycles. The largest absolute Gasteiger partial charge is 0.488 e. The van der Waals surface area contributed by atoms with Crippen LogP contribution in [0, 0.1) is 5.92 Å². The molecule has 4 aromatic rings. The minimum Gasteiger partial charge on any atom is -0.488 e. The molecule has 0 radical (unpaired) electrons. The maximum atomic E-state index is 11.9. The van der Waals surface area contributed by atoms with Crippen LogP contribution in [0.4, 0.5) is 0 Å². The lowest BCUT2D eigenvalue weighted by Gasteiger charge is -2.37. The van der Waals surface area contributed by atoms with Gasteiger partial charge in [0.1, 0.15) is 11.9 Å². The van der Waals surface area contributed by atoms with Crippen LogP contribution in [-0.2, 0) is 12.1 Å². The van der Waals surface area contributed by atoms with Crippen LogP contribution in [0.2, 0.25) is 0 Å². The number of benzene rings is 2.